The molecule has 0 radical (unpaired) electrons. The van der Waals surface area contributed by atoms with Crippen LogP contribution < -0.4 is 4.31 Å². The van der Waals surface area contributed by atoms with Gasteiger partial charge in [-0.25, -0.2) is 4.21 Å². The largest absolute Gasteiger partial charge is 0.289 e. The molecule has 0 fully saturated rings. The van der Waals surface area contributed by atoms with Crippen molar-refractivity contribution >= 4 is 37.7 Å². The Hall–Kier alpha value is -1.69. The molecular weight excluding hydrogens is 338 g/mol. The number of hydrogen-bond donors (Lipinski definition) is 1. The van der Waals surface area contributed by atoms with Crippen LogP contribution in [0.5, 0.6) is 0 Å². The Bertz CT molecular complexity index is 892. The van der Waals surface area contributed by atoms with Crippen LogP contribution in [0.4, 0.5) is 5.00 Å². The Kier molecular flexibility index (Phi) is 4.51. The Morgan fingerprint density at radius 2 is 1.67 bits per heavy atom. The fourth-order valence-electron chi connectivity index (χ4n) is 2.78. The van der Waals surface area contributed by atoms with Crippen molar-refractivity contribution < 1.29 is 8.76 Å². The highest BCUT2D eigenvalue weighted by molar-refractivity contribution is 7.81. The molecular formula is C19H21NO2S2. The molecule has 0 spiro atoms. The summed E-state index contributed by atoms with van der Waals surface area (Å²) in [4.78, 5) is 0. The van der Waals surface area contributed by atoms with E-state index < -0.39 is 16.8 Å². The summed E-state index contributed by atoms with van der Waals surface area (Å²) in [6, 6.07) is 16.4. The summed E-state index contributed by atoms with van der Waals surface area (Å²) in [6.45, 7) is 7.90. The molecule has 1 heterocycles. The fourth-order valence-corrected chi connectivity index (χ4v) is 5.11. The maximum absolute atomic E-state index is 12.1. The summed E-state index contributed by atoms with van der Waals surface area (Å²) in [5.74, 6) is 0. The normalized spacial score (nSPS) is 13.2. The first-order chi connectivity index (χ1) is 11.3. The molecule has 0 aliphatic heterocycles. The number of nitrogens with zero attached hydrogens (tertiary/aromatic N) is 1. The Labute approximate surface area is 149 Å². The van der Waals surface area contributed by atoms with Crippen molar-refractivity contribution in [1.82, 2.24) is 0 Å². The van der Waals surface area contributed by atoms with Crippen LogP contribution in [-0.4, -0.2) is 14.3 Å². The second-order valence-electron chi connectivity index (χ2n) is 6.84. The summed E-state index contributed by atoms with van der Waals surface area (Å²) in [5.41, 5.74) is 2.80. The van der Waals surface area contributed by atoms with Crippen LogP contribution in [0.2, 0.25) is 0 Å². The number of benzene rings is 2. The van der Waals surface area contributed by atoms with Crippen molar-refractivity contribution in [2.45, 2.75) is 33.2 Å². The predicted octanol–water partition coefficient (Wildman–Crippen LogP) is 5.62. The summed E-state index contributed by atoms with van der Waals surface area (Å²) < 4.78 is 24.8. The van der Waals surface area contributed by atoms with E-state index in [0.29, 0.717) is 0 Å². The molecule has 2 aromatic carbocycles. The third-order valence-electron chi connectivity index (χ3n) is 3.87. The fraction of sp³-hybridized carbons (Fsp3) is 0.263. The van der Waals surface area contributed by atoms with Crippen LogP contribution in [0.1, 0.15) is 26.3 Å². The monoisotopic (exact) mass is 359 g/mol. The van der Waals surface area contributed by atoms with Gasteiger partial charge in [-0.1, -0.05) is 48.0 Å². The van der Waals surface area contributed by atoms with Crippen LogP contribution in [0.3, 0.4) is 0 Å². The molecule has 3 aromatic rings. The maximum Gasteiger partial charge on any atom is 0.263 e. The highest BCUT2D eigenvalue weighted by Gasteiger charge is 2.31. The molecule has 1 atom stereocenters. The number of fused-ring (bicyclic) bond motifs is 1. The van der Waals surface area contributed by atoms with Gasteiger partial charge in [-0.2, -0.15) is 0 Å². The lowest BCUT2D eigenvalue weighted by Crippen LogP contribution is -2.42. The Balaban J connectivity index is 2.33. The van der Waals surface area contributed by atoms with Gasteiger partial charge >= 0.3 is 0 Å². The molecule has 3 nitrogen and oxygen atoms in total. The average molecular weight is 360 g/mol. The van der Waals surface area contributed by atoms with E-state index in [-0.39, 0.29) is 0 Å². The number of anilines is 1. The average Bonchev–Trinajstić information content (AvgIpc) is 2.85. The van der Waals surface area contributed by atoms with Gasteiger partial charge in [0.2, 0.25) is 0 Å². The molecule has 0 saturated heterocycles. The molecule has 1 N–H and O–H groups in total. The molecule has 0 aliphatic rings. The van der Waals surface area contributed by atoms with Crippen molar-refractivity contribution in [3.05, 3.63) is 54.1 Å². The highest BCUT2D eigenvalue weighted by atomic mass is 32.2. The molecule has 0 aliphatic carbocycles. The minimum atomic E-state index is -2.10. The lowest BCUT2D eigenvalue weighted by molar-refractivity contribution is 0.516. The van der Waals surface area contributed by atoms with Gasteiger partial charge in [-0.15, -0.1) is 11.3 Å². The molecule has 0 saturated carbocycles. The summed E-state index contributed by atoms with van der Waals surface area (Å²) in [7, 11) is 0. The van der Waals surface area contributed by atoms with Gasteiger partial charge in [0.1, 0.15) is 5.00 Å². The van der Waals surface area contributed by atoms with Gasteiger partial charge in [0.15, 0.2) is 0 Å². The molecule has 1 unspecified atom stereocenters. The van der Waals surface area contributed by atoms with E-state index in [2.05, 4.69) is 43.3 Å². The van der Waals surface area contributed by atoms with Crippen LogP contribution >= 0.6 is 11.3 Å². The number of thiophene rings is 1. The molecule has 126 valence electrons. The number of aryl methyl sites for hydroxylation is 1. The lowest BCUT2D eigenvalue weighted by atomic mass is 10.0. The first kappa shape index (κ1) is 17.1. The van der Waals surface area contributed by atoms with Crippen molar-refractivity contribution in [2.24, 2.45) is 0 Å². The topological polar surface area (TPSA) is 40.5 Å². The number of hydrogen-bond acceptors (Lipinski definition) is 2. The second-order valence-corrected chi connectivity index (χ2v) is 8.70. The summed E-state index contributed by atoms with van der Waals surface area (Å²) in [5, 5.41) is 1.94. The zero-order valence-corrected chi connectivity index (χ0v) is 15.9. The van der Waals surface area contributed by atoms with Gasteiger partial charge < -0.3 is 0 Å². The first-order valence-electron chi connectivity index (χ1n) is 7.79. The maximum atomic E-state index is 12.1. The van der Waals surface area contributed by atoms with Gasteiger partial charge in [0.05, 0.1) is 0 Å². The van der Waals surface area contributed by atoms with Gasteiger partial charge in [-0.3, -0.25) is 8.86 Å². The third kappa shape index (κ3) is 3.11. The van der Waals surface area contributed by atoms with E-state index in [0.717, 1.165) is 26.2 Å². The van der Waals surface area contributed by atoms with Crippen molar-refractivity contribution in [2.75, 3.05) is 4.31 Å². The van der Waals surface area contributed by atoms with Gasteiger partial charge in [0, 0.05) is 21.2 Å². The number of rotatable bonds is 3. The van der Waals surface area contributed by atoms with Crippen LogP contribution in [0.25, 0.3) is 21.2 Å². The minimum absolute atomic E-state index is 0.472. The minimum Gasteiger partial charge on any atom is -0.289 e. The summed E-state index contributed by atoms with van der Waals surface area (Å²) in [6.07, 6.45) is 0. The summed E-state index contributed by atoms with van der Waals surface area (Å²) >= 11 is -0.536. The van der Waals surface area contributed by atoms with E-state index in [1.807, 2.05) is 32.9 Å². The quantitative estimate of drug-likeness (QED) is 0.617. The zero-order valence-electron chi connectivity index (χ0n) is 14.2. The third-order valence-corrected chi connectivity index (χ3v) is 6.18. The van der Waals surface area contributed by atoms with Crippen LogP contribution in [-0.2, 0) is 11.3 Å². The Morgan fingerprint density at radius 3 is 2.25 bits per heavy atom. The standard InChI is InChI=1S/C19H21NO2S2/c1-13-9-11-14(12-10-13)17-15-7-5-6-8-16(15)23-18(17)20(24(21)22)19(2,3)4/h5-12H,1-4H3,(H,21,22). The highest BCUT2D eigenvalue weighted by Crippen LogP contribution is 2.46. The Morgan fingerprint density at radius 1 is 1.04 bits per heavy atom. The molecule has 0 amide bonds. The smallest absolute Gasteiger partial charge is 0.263 e. The van der Waals surface area contributed by atoms with E-state index in [9.17, 15) is 8.76 Å². The van der Waals surface area contributed by atoms with Gasteiger partial charge in [-0.05, 0) is 39.3 Å². The predicted molar refractivity (Wildman–Crippen MR) is 105 cm³/mol. The molecule has 1 aromatic heterocycles. The van der Waals surface area contributed by atoms with Gasteiger partial charge in [0.25, 0.3) is 11.3 Å². The second kappa shape index (κ2) is 6.31. The van der Waals surface area contributed by atoms with E-state index in [1.165, 1.54) is 5.56 Å². The van der Waals surface area contributed by atoms with Crippen molar-refractivity contribution in [3.63, 3.8) is 0 Å². The SMILES string of the molecule is Cc1ccc(-c2c(N(S(=O)O)C(C)(C)C)sc3ccccc23)cc1. The lowest BCUT2D eigenvalue weighted by Gasteiger charge is -2.33. The van der Waals surface area contributed by atoms with E-state index in [4.69, 9.17) is 0 Å². The molecule has 3 rings (SSSR count). The molecule has 0 bridgehead atoms. The molecule has 5 heteroatoms. The van der Waals surface area contributed by atoms with Crippen LogP contribution in [0, 0.1) is 6.92 Å². The molecule has 24 heavy (non-hydrogen) atoms. The zero-order chi connectivity index (χ0) is 17.5. The van der Waals surface area contributed by atoms with Crippen LogP contribution in [0.15, 0.2) is 48.5 Å². The van der Waals surface area contributed by atoms with Crippen molar-refractivity contribution in [1.29, 1.82) is 0 Å². The van der Waals surface area contributed by atoms with E-state index >= 15 is 0 Å². The van der Waals surface area contributed by atoms with Crippen molar-refractivity contribution in [3.8, 4) is 11.1 Å². The first-order valence-corrected chi connectivity index (χ1v) is 9.67. The van der Waals surface area contributed by atoms with E-state index in [1.54, 1.807) is 15.6 Å².